The van der Waals surface area contributed by atoms with Gasteiger partial charge in [-0.05, 0) is 13.8 Å². The molecule has 0 aliphatic heterocycles. The quantitative estimate of drug-likeness (QED) is 0.420. The molecule has 0 amide bonds. The zero-order valence-electron chi connectivity index (χ0n) is 4.84. The van der Waals surface area contributed by atoms with Crippen LogP contribution < -0.4 is 0 Å². The van der Waals surface area contributed by atoms with E-state index < -0.39 is 0 Å². The second-order valence-electron chi connectivity index (χ2n) is 1.37. The molecule has 2 nitrogen and oxygen atoms in total. The van der Waals surface area contributed by atoms with E-state index in [1.807, 2.05) is 0 Å². The molecule has 0 bridgehead atoms. The van der Waals surface area contributed by atoms with Crippen LogP contribution >= 0.6 is 0 Å². The van der Waals surface area contributed by atoms with Gasteiger partial charge in [0.25, 0.3) is 0 Å². The van der Waals surface area contributed by atoms with Crippen LogP contribution in [0.1, 0.15) is 13.8 Å². The Kier molecular flexibility index (Phi) is 6.62. The van der Waals surface area contributed by atoms with Gasteiger partial charge in [-0.15, -0.1) is 0 Å². The van der Waals surface area contributed by atoms with Crippen molar-refractivity contribution in [1.29, 1.82) is 0 Å². The number of ketones is 2. The van der Waals surface area contributed by atoms with E-state index in [4.69, 9.17) is 0 Å². The van der Waals surface area contributed by atoms with Gasteiger partial charge in [-0.2, -0.15) is 0 Å². The zero-order valence-corrected chi connectivity index (χ0v) is 6.24. The fourth-order valence-electron chi connectivity index (χ4n) is 0.286. The normalized spacial score (nSPS) is 6.75. The van der Waals surface area contributed by atoms with E-state index in [-0.39, 0.29) is 30.1 Å². The van der Waals surface area contributed by atoms with Gasteiger partial charge in [-0.1, -0.05) is 0 Å². The topological polar surface area (TPSA) is 34.1 Å². The molecule has 0 aromatic carbocycles. The maximum absolute atomic E-state index is 9.98. The first-order valence-electron chi connectivity index (χ1n) is 1.99. The smallest absolute Gasteiger partial charge is 0.00219 e. The molecule has 0 heterocycles. The van der Waals surface area contributed by atoms with E-state index in [9.17, 15) is 9.59 Å². The molecule has 8 heavy (non-hydrogen) atoms. The first kappa shape index (κ1) is 10.7. The summed E-state index contributed by atoms with van der Waals surface area (Å²) in [7, 11) is 0. The Morgan fingerprint density at radius 2 is 1.38 bits per heavy atom. The third-order valence-corrected chi connectivity index (χ3v) is 0.407. The van der Waals surface area contributed by atoms with Gasteiger partial charge < -0.3 is 9.59 Å². The van der Waals surface area contributed by atoms with E-state index in [2.05, 4.69) is 0 Å². The van der Waals surface area contributed by atoms with Gasteiger partial charge in [0.15, 0.2) is 0 Å². The Labute approximate surface area is 60.5 Å². The van der Waals surface area contributed by atoms with Crippen molar-refractivity contribution in [2.45, 2.75) is 13.8 Å². The van der Waals surface area contributed by atoms with Crippen molar-refractivity contribution in [3.05, 3.63) is 6.42 Å². The van der Waals surface area contributed by atoms with Crippen LogP contribution in [0, 0.1) is 6.42 Å². The molecule has 0 fully saturated rings. The Morgan fingerprint density at radius 1 is 1.12 bits per heavy atom. The number of Topliss-reactive ketones (excluding diaryl/α,β-unsaturated/α-hetero) is 2. The van der Waals surface area contributed by atoms with Crippen LogP contribution in [0.3, 0.4) is 0 Å². The Balaban J connectivity index is 0. The summed E-state index contributed by atoms with van der Waals surface area (Å²) < 4.78 is 0. The summed E-state index contributed by atoms with van der Waals surface area (Å²) in [5.74, 6) is -0.375. The van der Waals surface area contributed by atoms with Crippen LogP contribution in [0.15, 0.2) is 0 Å². The van der Waals surface area contributed by atoms with Crippen molar-refractivity contribution >= 4 is 11.6 Å². The van der Waals surface area contributed by atoms with E-state index >= 15 is 0 Å². The van der Waals surface area contributed by atoms with Crippen LogP contribution in [0.2, 0.25) is 0 Å². The van der Waals surface area contributed by atoms with Crippen molar-refractivity contribution in [3.63, 3.8) is 0 Å². The molecular formula is C5H7O2V-. The molecule has 0 rings (SSSR count). The van der Waals surface area contributed by atoms with Crippen LogP contribution in [-0.4, -0.2) is 11.6 Å². The molecule has 0 unspecified atom stereocenters. The summed E-state index contributed by atoms with van der Waals surface area (Å²) in [4.78, 5) is 20.0. The molecule has 3 heteroatoms. The maximum Gasteiger partial charge on any atom is 0.00219 e. The number of carbonyl (C=O) groups excluding carboxylic acids is 2. The first-order chi connectivity index (χ1) is 3.13. The minimum atomic E-state index is -0.187. The largest absolute Gasteiger partial charge is 0.334 e. The fourth-order valence-corrected chi connectivity index (χ4v) is 0.286. The predicted octanol–water partition coefficient (Wildman–Crippen LogP) is 0.366. The number of hydrogen-bond acceptors (Lipinski definition) is 2. The SMILES string of the molecule is CC(=O)[CH-]C(C)=O.[V]. The molecule has 45 valence electrons. The second kappa shape index (κ2) is 4.94. The Bertz CT molecular complexity index is 86.6. The van der Waals surface area contributed by atoms with Crippen molar-refractivity contribution in [3.8, 4) is 0 Å². The molecule has 0 N–H and O–H groups in total. The molecule has 0 saturated carbocycles. The van der Waals surface area contributed by atoms with E-state index in [0.717, 1.165) is 6.42 Å². The number of hydrogen-bond donors (Lipinski definition) is 0. The monoisotopic (exact) mass is 150 g/mol. The van der Waals surface area contributed by atoms with Crippen molar-refractivity contribution < 1.29 is 28.1 Å². The summed E-state index contributed by atoms with van der Waals surface area (Å²) in [6.45, 7) is 2.70. The number of carbonyl (C=O) groups is 2. The summed E-state index contributed by atoms with van der Waals surface area (Å²) in [6, 6.07) is 0. The summed E-state index contributed by atoms with van der Waals surface area (Å²) in [5, 5.41) is 0. The molecule has 0 aromatic heterocycles. The second-order valence-corrected chi connectivity index (χ2v) is 1.37. The van der Waals surface area contributed by atoms with Gasteiger partial charge in [0.2, 0.25) is 0 Å². The Hall–Kier alpha value is -0.206. The van der Waals surface area contributed by atoms with E-state index in [0.29, 0.717) is 0 Å². The first-order valence-corrected chi connectivity index (χ1v) is 1.99. The molecule has 0 spiro atoms. The van der Waals surface area contributed by atoms with Crippen LogP contribution in [0.5, 0.6) is 0 Å². The minimum Gasteiger partial charge on any atom is -0.334 e. The summed E-state index contributed by atoms with van der Waals surface area (Å²) in [6.07, 6.45) is 1.06. The van der Waals surface area contributed by atoms with Gasteiger partial charge in [-0.3, -0.25) is 6.42 Å². The molecule has 0 saturated heterocycles. The van der Waals surface area contributed by atoms with Gasteiger partial charge in [0.1, 0.15) is 0 Å². The molecule has 0 aliphatic rings. The predicted molar refractivity (Wildman–Crippen MR) is 25.7 cm³/mol. The van der Waals surface area contributed by atoms with Gasteiger partial charge >= 0.3 is 0 Å². The van der Waals surface area contributed by atoms with Gasteiger partial charge in [0, 0.05) is 30.1 Å². The van der Waals surface area contributed by atoms with Crippen LogP contribution in [0.4, 0.5) is 0 Å². The molecular weight excluding hydrogens is 143 g/mol. The van der Waals surface area contributed by atoms with Crippen LogP contribution in [-0.2, 0) is 28.1 Å². The van der Waals surface area contributed by atoms with Gasteiger partial charge in [-0.25, -0.2) is 0 Å². The molecule has 0 aromatic rings. The van der Waals surface area contributed by atoms with Crippen LogP contribution in [0.25, 0.3) is 0 Å². The third kappa shape index (κ3) is 9.25. The third-order valence-electron chi connectivity index (χ3n) is 0.407. The average molecular weight is 150 g/mol. The minimum absolute atomic E-state index is 0. The summed E-state index contributed by atoms with van der Waals surface area (Å²) >= 11 is 0. The van der Waals surface area contributed by atoms with Crippen molar-refractivity contribution in [2.24, 2.45) is 0 Å². The standard InChI is InChI=1S/C5H7O2.V/c1-4(6)3-5(2)7;/h3H,1-2H3;/q-1;. The average Bonchev–Trinajstić information content (AvgIpc) is 1.27. The number of rotatable bonds is 2. The van der Waals surface area contributed by atoms with Gasteiger partial charge in [0.05, 0.1) is 0 Å². The van der Waals surface area contributed by atoms with E-state index in [1.165, 1.54) is 13.8 Å². The Morgan fingerprint density at radius 3 is 1.38 bits per heavy atom. The van der Waals surface area contributed by atoms with Crippen molar-refractivity contribution in [2.75, 3.05) is 0 Å². The molecule has 1 radical (unpaired) electrons. The summed E-state index contributed by atoms with van der Waals surface area (Å²) in [5.41, 5.74) is 0. The fraction of sp³-hybridized carbons (Fsp3) is 0.400. The van der Waals surface area contributed by atoms with Crippen molar-refractivity contribution in [1.82, 2.24) is 0 Å². The maximum atomic E-state index is 9.98. The van der Waals surface area contributed by atoms with E-state index in [1.54, 1.807) is 0 Å². The zero-order chi connectivity index (χ0) is 5.86. The molecule has 0 atom stereocenters. The molecule has 0 aliphatic carbocycles.